The van der Waals surface area contributed by atoms with Crippen molar-refractivity contribution < 1.29 is 17.9 Å². The molecular formula is C30H34N4O4S2. The smallest absolute Gasteiger partial charge is 0.264 e. The number of carbonyl (C=O) groups is 1. The molecule has 8 nitrogen and oxygen atoms in total. The van der Waals surface area contributed by atoms with Crippen molar-refractivity contribution in [1.82, 2.24) is 9.88 Å². The van der Waals surface area contributed by atoms with Gasteiger partial charge < -0.3 is 4.74 Å². The molecule has 0 aliphatic carbocycles. The Hall–Kier alpha value is -3.31. The fourth-order valence-corrected chi connectivity index (χ4v) is 7.00. The number of benzene rings is 3. The Morgan fingerprint density at radius 3 is 2.40 bits per heavy atom. The van der Waals surface area contributed by atoms with E-state index in [1.807, 2.05) is 6.07 Å². The van der Waals surface area contributed by atoms with Crippen molar-refractivity contribution in [1.29, 1.82) is 0 Å². The SMILES string of the molecule is Cc1ccc2sc(N(CCCN3CCOCC3)C(=O)c3ccc(S(=O)(=O)N(C)c4ccccc4)cc3)nc2c1C. The lowest BCUT2D eigenvalue weighted by atomic mass is 10.1. The van der Waals surface area contributed by atoms with Gasteiger partial charge in [-0.15, -0.1) is 0 Å². The molecular weight excluding hydrogens is 544 g/mol. The summed E-state index contributed by atoms with van der Waals surface area (Å²) in [5.41, 5.74) is 4.16. The van der Waals surface area contributed by atoms with Crippen LogP contribution in [0.1, 0.15) is 27.9 Å². The van der Waals surface area contributed by atoms with Gasteiger partial charge in [-0.25, -0.2) is 13.4 Å². The molecule has 0 spiro atoms. The number of morpholine rings is 1. The standard InChI is InChI=1S/C30H34N4O4S2/c1-22-10-15-27-28(23(22)2)31-30(39-27)34(17-7-16-33-18-20-38-21-19-33)29(35)24-11-13-26(14-12-24)40(36,37)32(3)25-8-5-4-6-9-25/h4-6,8-15H,7,16-21H2,1-3H3. The van der Waals surface area contributed by atoms with Gasteiger partial charge in [-0.3, -0.25) is 18.9 Å². The average Bonchev–Trinajstić information content (AvgIpc) is 3.42. The van der Waals surface area contributed by atoms with Gasteiger partial charge in [0.25, 0.3) is 15.9 Å². The van der Waals surface area contributed by atoms with Crippen LogP contribution in [-0.2, 0) is 14.8 Å². The Morgan fingerprint density at radius 1 is 1.00 bits per heavy atom. The van der Waals surface area contributed by atoms with Crippen LogP contribution in [0.4, 0.5) is 10.8 Å². The highest BCUT2D eigenvalue weighted by Crippen LogP contribution is 2.33. The van der Waals surface area contributed by atoms with Gasteiger partial charge in [-0.2, -0.15) is 0 Å². The first-order chi connectivity index (χ1) is 19.3. The van der Waals surface area contributed by atoms with E-state index in [9.17, 15) is 13.2 Å². The first-order valence-corrected chi connectivity index (χ1v) is 15.6. The van der Waals surface area contributed by atoms with E-state index < -0.39 is 10.0 Å². The van der Waals surface area contributed by atoms with E-state index in [1.54, 1.807) is 41.3 Å². The van der Waals surface area contributed by atoms with Crippen molar-refractivity contribution in [2.24, 2.45) is 0 Å². The van der Waals surface area contributed by atoms with Gasteiger partial charge in [-0.1, -0.05) is 35.6 Å². The number of nitrogens with zero attached hydrogens (tertiary/aromatic N) is 4. The predicted octanol–water partition coefficient (Wildman–Crippen LogP) is 5.11. The molecule has 3 aromatic carbocycles. The van der Waals surface area contributed by atoms with E-state index in [0.717, 1.165) is 60.6 Å². The summed E-state index contributed by atoms with van der Waals surface area (Å²) in [4.78, 5) is 23.0. The number of fused-ring (bicyclic) bond motifs is 1. The van der Waals surface area contributed by atoms with E-state index in [0.29, 0.717) is 22.9 Å². The molecule has 1 aliphatic rings. The lowest BCUT2D eigenvalue weighted by Crippen LogP contribution is -2.39. The van der Waals surface area contributed by atoms with Crippen LogP contribution in [-0.4, -0.2) is 70.6 Å². The molecule has 2 heterocycles. The zero-order chi connectivity index (χ0) is 28.3. The Morgan fingerprint density at radius 2 is 1.70 bits per heavy atom. The van der Waals surface area contributed by atoms with Gasteiger partial charge in [-0.05, 0) is 73.9 Å². The molecule has 0 unspecified atom stereocenters. The first kappa shape index (κ1) is 28.2. The minimum atomic E-state index is -3.78. The van der Waals surface area contributed by atoms with E-state index >= 15 is 0 Å². The Labute approximate surface area is 239 Å². The second kappa shape index (κ2) is 12.1. The number of amides is 1. The van der Waals surface area contributed by atoms with Gasteiger partial charge >= 0.3 is 0 Å². The molecule has 10 heteroatoms. The van der Waals surface area contributed by atoms with Crippen molar-refractivity contribution in [3.8, 4) is 0 Å². The summed E-state index contributed by atoms with van der Waals surface area (Å²) in [6.07, 6.45) is 0.786. The lowest BCUT2D eigenvalue weighted by Gasteiger charge is -2.27. The van der Waals surface area contributed by atoms with E-state index in [2.05, 4.69) is 30.9 Å². The highest BCUT2D eigenvalue weighted by Gasteiger charge is 2.25. The van der Waals surface area contributed by atoms with E-state index in [4.69, 9.17) is 9.72 Å². The van der Waals surface area contributed by atoms with Gasteiger partial charge in [0.15, 0.2) is 5.13 Å². The van der Waals surface area contributed by atoms with Crippen LogP contribution >= 0.6 is 11.3 Å². The number of rotatable bonds is 9. The number of thiazole rings is 1. The van der Waals surface area contributed by atoms with Crippen LogP contribution in [0.25, 0.3) is 10.2 Å². The van der Waals surface area contributed by atoms with Gasteiger partial charge in [0, 0.05) is 38.8 Å². The van der Waals surface area contributed by atoms with Crippen molar-refractivity contribution in [3.63, 3.8) is 0 Å². The molecule has 1 aliphatic heterocycles. The Bertz CT molecular complexity index is 1580. The topological polar surface area (TPSA) is 83.0 Å². The maximum absolute atomic E-state index is 13.9. The van der Waals surface area contributed by atoms with Crippen molar-refractivity contribution >= 4 is 48.3 Å². The summed E-state index contributed by atoms with van der Waals surface area (Å²) >= 11 is 1.50. The third-order valence-electron chi connectivity index (χ3n) is 7.39. The molecule has 0 atom stereocenters. The molecule has 5 rings (SSSR count). The Balaban J connectivity index is 1.40. The number of carbonyl (C=O) groups excluding carboxylic acids is 1. The quantitative estimate of drug-likeness (QED) is 0.275. The summed E-state index contributed by atoms with van der Waals surface area (Å²) < 4.78 is 34.2. The molecule has 0 bridgehead atoms. The summed E-state index contributed by atoms with van der Waals surface area (Å²) in [5, 5.41) is 0.649. The third-order valence-corrected chi connectivity index (χ3v) is 10.2. The molecule has 0 saturated carbocycles. The Kier molecular flexibility index (Phi) is 8.51. The molecule has 0 N–H and O–H groups in total. The highest BCUT2D eigenvalue weighted by atomic mass is 32.2. The second-order valence-corrected chi connectivity index (χ2v) is 12.9. The fraction of sp³-hybridized carbons (Fsp3) is 0.333. The number of anilines is 2. The number of hydrogen-bond donors (Lipinski definition) is 0. The van der Waals surface area contributed by atoms with Crippen LogP contribution in [0.15, 0.2) is 71.6 Å². The molecule has 1 fully saturated rings. The predicted molar refractivity (Wildman–Crippen MR) is 161 cm³/mol. The fourth-order valence-electron chi connectivity index (χ4n) is 4.75. The van der Waals surface area contributed by atoms with Crippen molar-refractivity contribution in [3.05, 3.63) is 83.4 Å². The molecule has 4 aromatic rings. The number of para-hydroxylation sites is 1. The maximum atomic E-state index is 13.9. The number of hydrogen-bond acceptors (Lipinski definition) is 7. The van der Waals surface area contributed by atoms with Crippen molar-refractivity contribution in [2.45, 2.75) is 25.2 Å². The third kappa shape index (κ3) is 5.90. The molecule has 1 saturated heterocycles. The summed E-state index contributed by atoms with van der Waals surface area (Å²) in [5.74, 6) is -0.198. The number of aryl methyl sites for hydroxylation is 2. The van der Waals surface area contributed by atoms with Gasteiger partial charge in [0.05, 0.1) is 34.0 Å². The number of ether oxygens (including phenoxy) is 1. The van der Waals surface area contributed by atoms with Crippen LogP contribution in [0.2, 0.25) is 0 Å². The van der Waals surface area contributed by atoms with Crippen LogP contribution < -0.4 is 9.21 Å². The van der Waals surface area contributed by atoms with Crippen LogP contribution in [0.3, 0.4) is 0 Å². The highest BCUT2D eigenvalue weighted by molar-refractivity contribution is 7.92. The minimum absolute atomic E-state index is 0.125. The first-order valence-electron chi connectivity index (χ1n) is 13.4. The summed E-state index contributed by atoms with van der Waals surface area (Å²) in [7, 11) is -2.25. The van der Waals surface area contributed by atoms with Gasteiger partial charge in [0.2, 0.25) is 0 Å². The van der Waals surface area contributed by atoms with E-state index in [-0.39, 0.29) is 10.8 Å². The van der Waals surface area contributed by atoms with E-state index in [1.165, 1.54) is 34.8 Å². The molecule has 40 heavy (non-hydrogen) atoms. The number of sulfonamides is 1. The van der Waals surface area contributed by atoms with Crippen LogP contribution in [0, 0.1) is 13.8 Å². The minimum Gasteiger partial charge on any atom is -0.379 e. The second-order valence-electron chi connectivity index (χ2n) is 9.95. The van der Waals surface area contributed by atoms with Crippen molar-refractivity contribution in [2.75, 3.05) is 55.6 Å². The molecule has 210 valence electrons. The summed E-state index contributed by atoms with van der Waals surface area (Å²) in [6, 6.07) is 19.2. The largest absolute Gasteiger partial charge is 0.379 e. The monoisotopic (exact) mass is 578 g/mol. The normalized spacial score (nSPS) is 14.4. The lowest BCUT2D eigenvalue weighted by molar-refractivity contribution is 0.0376. The zero-order valence-electron chi connectivity index (χ0n) is 23.0. The maximum Gasteiger partial charge on any atom is 0.264 e. The van der Waals surface area contributed by atoms with Crippen LogP contribution in [0.5, 0.6) is 0 Å². The number of aromatic nitrogens is 1. The van der Waals surface area contributed by atoms with Gasteiger partial charge in [0.1, 0.15) is 0 Å². The molecule has 0 radical (unpaired) electrons. The molecule has 1 amide bonds. The zero-order valence-corrected chi connectivity index (χ0v) is 24.7. The summed E-state index contributed by atoms with van der Waals surface area (Å²) in [6.45, 7) is 8.72. The molecule has 1 aromatic heterocycles. The average molecular weight is 579 g/mol.